The number of aromatic nitrogens is 2. The molecule has 0 aliphatic carbocycles. The van der Waals surface area contributed by atoms with Crippen molar-refractivity contribution in [1.29, 1.82) is 0 Å². The molecule has 1 aliphatic heterocycles. The predicted molar refractivity (Wildman–Crippen MR) is 116 cm³/mol. The van der Waals surface area contributed by atoms with Gasteiger partial charge in [-0.3, -0.25) is 9.69 Å². The van der Waals surface area contributed by atoms with Crippen molar-refractivity contribution in [2.24, 2.45) is 5.41 Å². The second kappa shape index (κ2) is 8.81. The molecule has 7 heteroatoms. The number of H-pyrrole nitrogens is 1. The van der Waals surface area contributed by atoms with Gasteiger partial charge < -0.3 is 19.4 Å². The third-order valence-corrected chi connectivity index (χ3v) is 5.96. The highest BCUT2D eigenvalue weighted by Gasteiger charge is 2.36. The molecule has 3 rings (SSSR count). The van der Waals surface area contributed by atoms with E-state index in [1.165, 1.54) is 11.3 Å². The van der Waals surface area contributed by atoms with Crippen molar-refractivity contribution in [1.82, 2.24) is 14.9 Å². The summed E-state index contributed by atoms with van der Waals surface area (Å²) in [6.07, 6.45) is 0. The van der Waals surface area contributed by atoms with Gasteiger partial charge in [-0.2, -0.15) is 0 Å². The maximum atomic E-state index is 13.1. The maximum Gasteiger partial charge on any atom is 0.208 e. The van der Waals surface area contributed by atoms with E-state index in [1.54, 1.807) is 14.2 Å². The van der Waals surface area contributed by atoms with Gasteiger partial charge in [-0.15, -0.1) is 0 Å². The average Bonchev–Trinajstić information content (AvgIpc) is 3.09. The number of nitrogens with one attached hydrogen (secondary N) is 1. The average molecular weight is 403 g/mol. The molecule has 0 radical (unpaired) electrons. The topological polar surface area (TPSA) is 70.7 Å². The Kier molecular flexibility index (Phi) is 6.61. The Balaban J connectivity index is 1.92. The molecule has 1 aliphatic rings. The summed E-state index contributed by atoms with van der Waals surface area (Å²) < 4.78 is 10.5. The van der Waals surface area contributed by atoms with E-state index in [4.69, 9.17) is 9.47 Å². The van der Waals surface area contributed by atoms with E-state index in [0.29, 0.717) is 11.9 Å². The summed E-state index contributed by atoms with van der Waals surface area (Å²) in [7, 11) is 3.18. The molecule has 160 valence electrons. The van der Waals surface area contributed by atoms with Crippen LogP contribution in [-0.2, 0) is 9.47 Å². The third-order valence-electron chi connectivity index (χ3n) is 5.96. The van der Waals surface area contributed by atoms with E-state index in [9.17, 15) is 4.79 Å². The summed E-state index contributed by atoms with van der Waals surface area (Å²) in [6.45, 7) is 13.2. The second-order valence-electron chi connectivity index (χ2n) is 8.43. The van der Waals surface area contributed by atoms with Gasteiger partial charge in [0.1, 0.15) is 0 Å². The highest BCUT2D eigenvalue weighted by Crippen LogP contribution is 2.30. The Hall–Kier alpha value is -1.96. The number of fused-ring (bicyclic) bond motifs is 1. The molecule has 7 nitrogen and oxygen atoms in total. The molecule has 0 amide bonds. The van der Waals surface area contributed by atoms with Gasteiger partial charge in [-0.25, -0.2) is 4.98 Å². The molecule has 1 aromatic heterocycles. The van der Waals surface area contributed by atoms with Crippen LogP contribution in [0.25, 0.3) is 11.0 Å². The fourth-order valence-corrected chi connectivity index (χ4v) is 4.34. The van der Waals surface area contributed by atoms with Crippen LogP contribution in [0.4, 0.5) is 5.69 Å². The number of likely N-dealkylation sites (N-methyl/N-ethyl adjacent to an activating group) is 1. The number of aryl methyl sites for hydroxylation is 1. The molecule has 0 spiro atoms. The molecule has 2 aromatic rings. The van der Waals surface area contributed by atoms with Gasteiger partial charge in [-0.1, -0.05) is 6.92 Å². The molecular formula is C22H34N4O3. The van der Waals surface area contributed by atoms with Crippen molar-refractivity contribution in [3.05, 3.63) is 23.5 Å². The summed E-state index contributed by atoms with van der Waals surface area (Å²) in [4.78, 5) is 25.9. The van der Waals surface area contributed by atoms with E-state index in [-0.39, 0.29) is 19.0 Å². The lowest BCUT2D eigenvalue weighted by Crippen LogP contribution is -2.52. The Morgan fingerprint density at radius 3 is 2.55 bits per heavy atom. The molecular weight excluding hydrogens is 368 g/mol. The first-order valence-electron chi connectivity index (χ1n) is 10.3. The second-order valence-corrected chi connectivity index (χ2v) is 8.43. The lowest BCUT2D eigenvalue weighted by molar-refractivity contribution is 0.0221. The van der Waals surface area contributed by atoms with Crippen LogP contribution >= 0.6 is 0 Å². The minimum Gasteiger partial charge on any atom is -0.384 e. The van der Waals surface area contributed by atoms with Crippen LogP contribution < -0.4 is 4.90 Å². The first-order chi connectivity index (χ1) is 13.8. The SMILES string of the molecule is CCN1CCN(c2cc3nc(C(=O)C(C)(COC)COC)[nH]c3cc2C)[C@@H](C)C1. The number of ether oxygens (including phenoxy) is 2. The van der Waals surface area contributed by atoms with Crippen LogP contribution in [-0.4, -0.2) is 80.3 Å². The fourth-order valence-electron chi connectivity index (χ4n) is 4.34. The number of nitrogens with zero attached hydrogens (tertiary/aromatic N) is 3. The minimum atomic E-state index is -0.778. The number of aromatic amines is 1. The van der Waals surface area contributed by atoms with Crippen LogP contribution in [0.2, 0.25) is 0 Å². The highest BCUT2D eigenvalue weighted by atomic mass is 16.5. The van der Waals surface area contributed by atoms with Crippen molar-refractivity contribution in [3.8, 4) is 0 Å². The quantitative estimate of drug-likeness (QED) is 0.685. The number of carbonyl (C=O) groups is 1. The molecule has 1 N–H and O–H groups in total. The van der Waals surface area contributed by atoms with Crippen LogP contribution in [0.5, 0.6) is 0 Å². The lowest BCUT2D eigenvalue weighted by atomic mass is 9.87. The van der Waals surface area contributed by atoms with Crippen molar-refractivity contribution in [2.45, 2.75) is 33.7 Å². The zero-order chi connectivity index (χ0) is 21.2. The number of anilines is 1. The molecule has 0 bridgehead atoms. The summed E-state index contributed by atoms with van der Waals surface area (Å²) in [5.74, 6) is 0.263. The van der Waals surface area contributed by atoms with E-state index in [0.717, 1.165) is 37.2 Å². The van der Waals surface area contributed by atoms with Crippen LogP contribution in [0.1, 0.15) is 37.0 Å². The number of imidazole rings is 1. The smallest absolute Gasteiger partial charge is 0.208 e. The van der Waals surface area contributed by atoms with Gasteiger partial charge in [-0.05, 0) is 45.0 Å². The first kappa shape index (κ1) is 21.7. The number of hydrogen-bond acceptors (Lipinski definition) is 6. The van der Waals surface area contributed by atoms with Gasteiger partial charge in [0.25, 0.3) is 0 Å². The number of ketones is 1. The number of piperazine rings is 1. The van der Waals surface area contributed by atoms with Crippen molar-refractivity contribution >= 4 is 22.5 Å². The number of carbonyl (C=O) groups excluding carboxylic acids is 1. The minimum absolute atomic E-state index is 0.0958. The first-order valence-corrected chi connectivity index (χ1v) is 10.3. The zero-order valence-electron chi connectivity index (χ0n) is 18.5. The van der Waals surface area contributed by atoms with Crippen LogP contribution in [0, 0.1) is 12.3 Å². The largest absolute Gasteiger partial charge is 0.384 e. The van der Waals surface area contributed by atoms with Gasteiger partial charge in [0.05, 0.1) is 29.7 Å². The summed E-state index contributed by atoms with van der Waals surface area (Å²) in [6, 6.07) is 4.64. The van der Waals surface area contributed by atoms with E-state index < -0.39 is 5.41 Å². The van der Waals surface area contributed by atoms with Crippen molar-refractivity contribution in [3.63, 3.8) is 0 Å². The van der Waals surface area contributed by atoms with Gasteiger partial charge >= 0.3 is 0 Å². The zero-order valence-corrected chi connectivity index (χ0v) is 18.5. The lowest BCUT2D eigenvalue weighted by Gasteiger charge is -2.41. The Bertz CT molecular complexity index is 857. The standard InChI is InChI=1S/C22H34N4O3/c1-7-25-8-9-26(16(3)12-25)19-11-18-17(10-15(19)2)23-21(24-18)20(27)22(4,13-28-5)14-29-6/h10-11,16H,7-9,12-14H2,1-6H3,(H,23,24)/t16-/m0/s1. The summed E-state index contributed by atoms with van der Waals surface area (Å²) >= 11 is 0. The monoisotopic (exact) mass is 402 g/mol. The van der Waals surface area contributed by atoms with Gasteiger partial charge in [0.2, 0.25) is 5.78 Å². The number of Topliss-reactive ketones (excluding diaryl/α,β-unsaturated/α-hetero) is 1. The molecule has 0 unspecified atom stereocenters. The van der Waals surface area contributed by atoms with Crippen LogP contribution in [0.15, 0.2) is 12.1 Å². The molecule has 2 heterocycles. The molecule has 1 fully saturated rings. The van der Waals surface area contributed by atoms with Gasteiger partial charge in [0.15, 0.2) is 5.82 Å². The number of hydrogen-bond donors (Lipinski definition) is 1. The molecule has 0 saturated carbocycles. The van der Waals surface area contributed by atoms with Crippen LogP contribution in [0.3, 0.4) is 0 Å². The number of methoxy groups -OCH3 is 2. The van der Waals surface area contributed by atoms with Gasteiger partial charge in [0, 0.05) is 45.6 Å². The number of benzene rings is 1. The maximum absolute atomic E-state index is 13.1. The van der Waals surface area contributed by atoms with Crippen molar-refractivity contribution < 1.29 is 14.3 Å². The van der Waals surface area contributed by atoms with E-state index in [1.807, 2.05) is 6.92 Å². The summed E-state index contributed by atoms with van der Waals surface area (Å²) in [5.41, 5.74) is 3.31. The van der Waals surface area contributed by atoms with E-state index in [2.05, 4.69) is 52.7 Å². The number of rotatable bonds is 8. The Morgan fingerprint density at radius 2 is 1.97 bits per heavy atom. The highest BCUT2D eigenvalue weighted by molar-refractivity contribution is 6.00. The Labute approximate surface area is 173 Å². The summed E-state index contributed by atoms with van der Waals surface area (Å²) in [5, 5.41) is 0. The normalized spacial score (nSPS) is 18.6. The fraction of sp³-hybridized carbons (Fsp3) is 0.636. The Morgan fingerprint density at radius 1 is 1.28 bits per heavy atom. The third kappa shape index (κ3) is 4.32. The van der Waals surface area contributed by atoms with Crippen molar-refractivity contribution in [2.75, 3.05) is 58.5 Å². The molecule has 1 saturated heterocycles. The molecule has 1 atom stereocenters. The molecule has 1 aromatic carbocycles. The molecule has 29 heavy (non-hydrogen) atoms. The van der Waals surface area contributed by atoms with E-state index >= 15 is 0 Å². The predicted octanol–water partition coefficient (Wildman–Crippen LogP) is 2.88.